The molecule has 0 saturated carbocycles. The van der Waals surface area contributed by atoms with E-state index in [4.69, 9.17) is 4.74 Å². The molecular formula is C20H18Br2N2O3. The van der Waals surface area contributed by atoms with Gasteiger partial charge in [-0.1, -0.05) is 18.2 Å². The Bertz CT molecular complexity index is 911. The maximum atomic E-state index is 12.7. The van der Waals surface area contributed by atoms with E-state index in [0.717, 1.165) is 8.95 Å². The normalized spacial score (nSPS) is 16.0. The van der Waals surface area contributed by atoms with Crippen LogP contribution in [0, 0.1) is 0 Å². The summed E-state index contributed by atoms with van der Waals surface area (Å²) in [7, 11) is 0. The molecule has 3 rings (SSSR count). The largest absolute Gasteiger partial charge is 0.486 e. The maximum Gasteiger partial charge on any atom is 0.282 e. The van der Waals surface area contributed by atoms with Crippen LogP contribution in [0.15, 0.2) is 57.0 Å². The molecule has 0 bridgehead atoms. The van der Waals surface area contributed by atoms with Crippen molar-refractivity contribution in [3.05, 3.63) is 62.5 Å². The monoisotopic (exact) mass is 492 g/mol. The molecule has 1 N–H and O–H groups in total. The minimum Gasteiger partial charge on any atom is -0.486 e. The number of anilines is 1. The molecule has 5 nitrogen and oxygen atoms in total. The molecular weight excluding hydrogens is 476 g/mol. The molecule has 2 aromatic rings. The Hall–Kier alpha value is -2.12. The first-order chi connectivity index (χ1) is 12.7. The lowest BCUT2D eigenvalue weighted by atomic mass is 10.1. The predicted octanol–water partition coefficient (Wildman–Crippen LogP) is 4.85. The van der Waals surface area contributed by atoms with Crippen LogP contribution in [0.1, 0.15) is 26.3 Å². The molecule has 0 atom stereocenters. The molecule has 2 amide bonds. The van der Waals surface area contributed by atoms with E-state index < -0.39 is 11.8 Å². The number of carbonyl (C=O) groups excluding carboxylic acids is 2. The van der Waals surface area contributed by atoms with Crippen LogP contribution in [0.3, 0.4) is 0 Å². The molecule has 0 aliphatic carbocycles. The lowest BCUT2D eigenvalue weighted by Crippen LogP contribution is -2.35. The molecule has 0 radical (unpaired) electrons. The van der Waals surface area contributed by atoms with Gasteiger partial charge in [0.05, 0.1) is 14.6 Å². The highest BCUT2D eigenvalue weighted by molar-refractivity contribution is 9.11. The van der Waals surface area contributed by atoms with E-state index in [0.29, 0.717) is 17.0 Å². The van der Waals surface area contributed by atoms with Gasteiger partial charge in [0.25, 0.3) is 11.8 Å². The molecule has 140 valence electrons. The van der Waals surface area contributed by atoms with Crippen molar-refractivity contribution >= 4 is 55.4 Å². The number of halogens is 2. The second kappa shape index (κ2) is 7.48. The Labute approximate surface area is 174 Å². The van der Waals surface area contributed by atoms with Crippen molar-refractivity contribution < 1.29 is 14.3 Å². The summed E-state index contributed by atoms with van der Waals surface area (Å²) in [6.45, 7) is 5.88. The highest BCUT2D eigenvalue weighted by atomic mass is 79.9. The van der Waals surface area contributed by atoms with Crippen molar-refractivity contribution in [1.29, 1.82) is 0 Å². The molecule has 0 unspecified atom stereocenters. The van der Waals surface area contributed by atoms with Crippen LogP contribution in [0.4, 0.5) is 5.69 Å². The van der Waals surface area contributed by atoms with Gasteiger partial charge >= 0.3 is 0 Å². The van der Waals surface area contributed by atoms with Crippen LogP contribution >= 0.6 is 31.9 Å². The molecule has 0 aromatic heterocycles. The zero-order chi connectivity index (χ0) is 19.8. The summed E-state index contributed by atoms with van der Waals surface area (Å²) in [5.74, 6) is -0.169. The average Bonchev–Trinajstić information content (AvgIpc) is 2.86. The van der Waals surface area contributed by atoms with Gasteiger partial charge in [0.1, 0.15) is 16.9 Å². The van der Waals surface area contributed by atoms with Crippen molar-refractivity contribution in [2.75, 3.05) is 5.01 Å². The molecule has 0 spiro atoms. The number of para-hydroxylation sites is 1. The number of rotatable bonds is 3. The number of hydrogen-bond donors (Lipinski definition) is 1. The Balaban J connectivity index is 1.93. The Morgan fingerprint density at radius 2 is 1.63 bits per heavy atom. The minimum absolute atomic E-state index is 0.0714. The van der Waals surface area contributed by atoms with Crippen LogP contribution in [0.25, 0.3) is 6.08 Å². The number of nitrogens with zero attached hydrogens (tertiary/aromatic N) is 1. The zero-order valence-corrected chi connectivity index (χ0v) is 18.2. The molecule has 2 aromatic carbocycles. The Kier molecular flexibility index (Phi) is 5.44. The second-order valence-electron chi connectivity index (χ2n) is 7.00. The topological polar surface area (TPSA) is 58.6 Å². The Morgan fingerprint density at radius 1 is 1.04 bits per heavy atom. The molecule has 1 aliphatic rings. The summed E-state index contributed by atoms with van der Waals surface area (Å²) in [5, 5.41) is 1.25. The first-order valence-corrected chi connectivity index (χ1v) is 9.84. The van der Waals surface area contributed by atoms with Gasteiger partial charge in [0.15, 0.2) is 0 Å². The van der Waals surface area contributed by atoms with Crippen LogP contribution in [-0.4, -0.2) is 17.4 Å². The average molecular weight is 494 g/mol. The standard InChI is InChI=1S/C20H18Br2N2O3/c1-20(2,3)27-17-15(21)10-12(11-16(17)22)9-14-18(25)23-24(19(14)26)13-7-5-4-6-8-13/h4-11H,1-3H3,(H,23,25)/b14-9-. The fraction of sp³-hybridized carbons (Fsp3) is 0.200. The van der Waals surface area contributed by atoms with Gasteiger partial charge in [0.2, 0.25) is 0 Å². The first-order valence-electron chi connectivity index (χ1n) is 8.26. The van der Waals surface area contributed by atoms with E-state index in [9.17, 15) is 9.59 Å². The minimum atomic E-state index is -0.439. The quantitative estimate of drug-likeness (QED) is 0.491. The highest BCUT2D eigenvalue weighted by Gasteiger charge is 2.34. The SMILES string of the molecule is CC(C)(C)Oc1c(Br)cc(/C=C2/C(=O)NN(c3ccccc3)C2=O)cc1Br. The molecule has 1 heterocycles. The third-order valence-corrected chi connectivity index (χ3v) is 4.82. The van der Waals surface area contributed by atoms with Gasteiger partial charge in [-0.05, 0) is 88.5 Å². The van der Waals surface area contributed by atoms with E-state index in [-0.39, 0.29) is 11.2 Å². The van der Waals surface area contributed by atoms with Crippen LogP contribution in [0.5, 0.6) is 5.75 Å². The molecule has 1 aliphatic heterocycles. The smallest absolute Gasteiger partial charge is 0.282 e. The van der Waals surface area contributed by atoms with Gasteiger partial charge in [-0.2, -0.15) is 0 Å². The number of carbonyl (C=O) groups is 2. The lowest BCUT2D eigenvalue weighted by Gasteiger charge is -2.23. The third-order valence-electron chi connectivity index (χ3n) is 3.65. The van der Waals surface area contributed by atoms with Crippen molar-refractivity contribution in [3.63, 3.8) is 0 Å². The summed E-state index contributed by atoms with van der Waals surface area (Å²) < 4.78 is 7.39. The Morgan fingerprint density at radius 3 is 2.19 bits per heavy atom. The van der Waals surface area contributed by atoms with Crippen molar-refractivity contribution in [2.45, 2.75) is 26.4 Å². The van der Waals surface area contributed by atoms with E-state index in [1.807, 2.05) is 39.0 Å². The number of hydrogen-bond acceptors (Lipinski definition) is 3. The summed E-state index contributed by atoms with van der Waals surface area (Å²) in [6.07, 6.45) is 1.57. The first kappa shape index (κ1) is 19.6. The van der Waals surface area contributed by atoms with E-state index in [2.05, 4.69) is 37.3 Å². The van der Waals surface area contributed by atoms with Gasteiger partial charge in [0, 0.05) is 0 Å². The second-order valence-corrected chi connectivity index (χ2v) is 8.71. The van der Waals surface area contributed by atoms with E-state index in [1.165, 1.54) is 5.01 Å². The van der Waals surface area contributed by atoms with Gasteiger partial charge in [-0.15, -0.1) is 0 Å². The number of ether oxygens (including phenoxy) is 1. The zero-order valence-electron chi connectivity index (χ0n) is 15.0. The predicted molar refractivity (Wildman–Crippen MR) is 112 cm³/mol. The van der Waals surface area contributed by atoms with Gasteiger partial charge < -0.3 is 4.74 Å². The molecule has 1 saturated heterocycles. The summed E-state index contributed by atoms with van der Waals surface area (Å²) in [5.41, 5.74) is 3.61. The van der Waals surface area contributed by atoms with Crippen molar-refractivity contribution in [2.24, 2.45) is 0 Å². The fourth-order valence-electron chi connectivity index (χ4n) is 2.55. The molecule has 7 heteroatoms. The van der Waals surface area contributed by atoms with Crippen LogP contribution < -0.4 is 15.2 Å². The number of hydrazine groups is 1. The summed E-state index contributed by atoms with van der Waals surface area (Å²) in [4.78, 5) is 25.0. The third kappa shape index (κ3) is 4.42. The van der Waals surface area contributed by atoms with Crippen molar-refractivity contribution in [3.8, 4) is 5.75 Å². The van der Waals surface area contributed by atoms with Gasteiger partial charge in [-0.3, -0.25) is 15.0 Å². The molecule has 1 fully saturated rings. The van der Waals surface area contributed by atoms with E-state index in [1.54, 1.807) is 30.3 Å². The summed E-state index contributed by atoms with van der Waals surface area (Å²) >= 11 is 7.00. The fourth-order valence-corrected chi connectivity index (χ4v) is 3.93. The van der Waals surface area contributed by atoms with Crippen LogP contribution in [-0.2, 0) is 9.59 Å². The van der Waals surface area contributed by atoms with Crippen molar-refractivity contribution in [1.82, 2.24) is 5.43 Å². The molecule has 27 heavy (non-hydrogen) atoms. The summed E-state index contributed by atoms with van der Waals surface area (Å²) in [6, 6.07) is 12.6. The number of amides is 2. The number of nitrogens with one attached hydrogen (secondary N) is 1. The van der Waals surface area contributed by atoms with Gasteiger partial charge in [-0.25, -0.2) is 5.01 Å². The highest BCUT2D eigenvalue weighted by Crippen LogP contribution is 2.37. The maximum absolute atomic E-state index is 12.7. The van der Waals surface area contributed by atoms with Crippen LogP contribution in [0.2, 0.25) is 0 Å². The number of benzene rings is 2. The van der Waals surface area contributed by atoms with E-state index >= 15 is 0 Å². The lowest BCUT2D eigenvalue weighted by molar-refractivity contribution is -0.117.